The van der Waals surface area contributed by atoms with Gasteiger partial charge in [0.2, 0.25) is 0 Å². The molecule has 1 rings (SSSR count). The Labute approximate surface area is 78.9 Å². The van der Waals surface area contributed by atoms with E-state index in [-0.39, 0.29) is 0 Å². The molecular weight excluding hydrogens is 168 g/mol. The fourth-order valence-electron chi connectivity index (χ4n) is 1.52. The summed E-state index contributed by atoms with van der Waals surface area (Å²) >= 11 is 5.54. The molecule has 1 heteroatoms. The number of halogens is 1. The molecule has 0 atom stereocenters. The summed E-state index contributed by atoms with van der Waals surface area (Å²) in [5.74, 6) is 0. The van der Waals surface area contributed by atoms with Crippen LogP contribution in [0.15, 0.2) is 17.7 Å². The fraction of sp³-hybridized carbons (Fsp3) is 0.273. The maximum Gasteiger partial charge on any atom is 0.00486 e. The minimum atomic E-state index is 1.23. The van der Waals surface area contributed by atoms with Crippen LogP contribution in [-0.4, -0.2) is 0 Å². The smallest absolute Gasteiger partial charge is 0.00486 e. The molecule has 0 saturated carbocycles. The summed E-state index contributed by atoms with van der Waals surface area (Å²) in [5.41, 5.74) is 6.66. The van der Waals surface area contributed by atoms with Crippen LogP contribution in [0.3, 0.4) is 0 Å². The van der Waals surface area contributed by atoms with E-state index in [1.807, 2.05) is 6.08 Å². The molecule has 0 aromatic heterocycles. The van der Waals surface area contributed by atoms with E-state index >= 15 is 0 Å². The van der Waals surface area contributed by atoms with Crippen LogP contribution in [0.5, 0.6) is 0 Å². The van der Waals surface area contributed by atoms with Gasteiger partial charge >= 0.3 is 0 Å². The summed E-state index contributed by atoms with van der Waals surface area (Å²) in [6.07, 6.45) is 1.94. The van der Waals surface area contributed by atoms with Crippen LogP contribution in [0.1, 0.15) is 22.3 Å². The molecule has 0 amide bonds. The minimum absolute atomic E-state index is 1.23. The molecule has 0 nitrogen and oxygen atoms in total. The Morgan fingerprint density at radius 2 is 1.58 bits per heavy atom. The Bertz CT molecular complexity index is 288. The topological polar surface area (TPSA) is 0 Å². The van der Waals surface area contributed by atoms with Crippen LogP contribution < -0.4 is 0 Å². The molecule has 0 aliphatic carbocycles. The van der Waals surface area contributed by atoms with Crippen molar-refractivity contribution in [3.63, 3.8) is 0 Å². The Hall–Kier alpha value is -0.750. The van der Waals surface area contributed by atoms with Gasteiger partial charge in [-0.2, -0.15) is 0 Å². The third-order valence-electron chi connectivity index (χ3n) is 1.97. The average molecular weight is 181 g/mol. The highest BCUT2D eigenvalue weighted by Crippen LogP contribution is 2.17. The quantitative estimate of drug-likeness (QED) is 0.617. The van der Waals surface area contributed by atoms with Gasteiger partial charge in [-0.05, 0) is 43.5 Å². The van der Waals surface area contributed by atoms with Crippen molar-refractivity contribution in [2.75, 3.05) is 0 Å². The third kappa shape index (κ3) is 1.89. The Morgan fingerprint density at radius 1 is 1.08 bits per heavy atom. The number of hydrogen-bond acceptors (Lipinski definition) is 0. The van der Waals surface area contributed by atoms with Crippen molar-refractivity contribution in [3.05, 3.63) is 39.9 Å². The van der Waals surface area contributed by atoms with Crippen LogP contribution in [0.2, 0.25) is 0 Å². The van der Waals surface area contributed by atoms with Crippen LogP contribution in [-0.2, 0) is 0 Å². The van der Waals surface area contributed by atoms with Crippen molar-refractivity contribution in [1.82, 2.24) is 0 Å². The normalized spacial score (nSPS) is 11.0. The van der Waals surface area contributed by atoms with Crippen molar-refractivity contribution >= 4 is 17.7 Å². The lowest BCUT2D eigenvalue weighted by atomic mass is 10.0. The molecular formula is C11H13Cl. The molecule has 1 aromatic carbocycles. The predicted molar refractivity (Wildman–Crippen MR) is 55.5 cm³/mol. The maximum atomic E-state index is 5.54. The van der Waals surface area contributed by atoms with Crippen molar-refractivity contribution in [2.24, 2.45) is 0 Å². The Balaban J connectivity index is 3.28. The number of rotatable bonds is 1. The first-order valence-electron chi connectivity index (χ1n) is 3.99. The molecule has 1 aromatic rings. The molecule has 0 heterocycles. The van der Waals surface area contributed by atoms with Crippen LogP contribution in [0, 0.1) is 20.8 Å². The summed E-state index contributed by atoms with van der Waals surface area (Å²) in [7, 11) is 0. The van der Waals surface area contributed by atoms with Crippen molar-refractivity contribution in [1.29, 1.82) is 0 Å². The molecule has 0 aliphatic rings. The van der Waals surface area contributed by atoms with E-state index in [9.17, 15) is 0 Å². The minimum Gasteiger partial charge on any atom is -0.0929 e. The largest absolute Gasteiger partial charge is 0.0929 e. The van der Waals surface area contributed by atoms with E-state index in [2.05, 4.69) is 32.9 Å². The first-order chi connectivity index (χ1) is 5.65. The highest BCUT2D eigenvalue weighted by atomic mass is 35.5. The zero-order chi connectivity index (χ0) is 9.14. The molecule has 0 radical (unpaired) electrons. The molecule has 0 bridgehead atoms. The molecule has 0 aliphatic heterocycles. The standard InChI is InChI=1S/C11H13Cl/c1-8-6-9(2)11(4-5-12)10(3)7-8/h4-7H,1-3H3. The number of benzene rings is 1. The SMILES string of the molecule is Cc1cc(C)c(C=CCl)c(C)c1. The van der Waals surface area contributed by atoms with Gasteiger partial charge in [0.05, 0.1) is 0 Å². The summed E-state index contributed by atoms with van der Waals surface area (Å²) in [5, 5.41) is 0. The van der Waals surface area contributed by atoms with Gasteiger partial charge in [-0.1, -0.05) is 29.3 Å². The van der Waals surface area contributed by atoms with E-state index in [0.29, 0.717) is 0 Å². The zero-order valence-corrected chi connectivity index (χ0v) is 8.44. The van der Waals surface area contributed by atoms with E-state index in [1.165, 1.54) is 22.3 Å². The second-order valence-corrected chi connectivity index (χ2v) is 3.36. The molecule has 12 heavy (non-hydrogen) atoms. The second-order valence-electron chi connectivity index (χ2n) is 3.11. The lowest BCUT2D eigenvalue weighted by Gasteiger charge is -2.06. The third-order valence-corrected chi connectivity index (χ3v) is 2.09. The van der Waals surface area contributed by atoms with E-state index < -0.39 is 0 Å². The summed E-state index contributed by atoms with van der Waals surface area (Å²) in [6, 6.07) is 4.33. The predicted octanol–water partition coefficient (Wildman–Crippen LogP) is 3.82. The lowest BCUT2D eigenvalue weighted by molar-refractivity contribution is 1.30. The monoisotopic (exact) mass is 180 g/mol. The van der Waals surface area contributed by atoms with E-state index in [1.54, 1.807) is 5.54 Å². The van der Waals surface area contributed by atoms with Gasteiger partial charge in [0.25, 0.3) is 0 Å². The van der Waals surface area contributed by atoms with E-state index in [4.69, 9.17) is 11.6 Å². The summed E-state index contributed by atoms with van der Waals surface area (Å²) in [6.45, 7) is 6.31. The van der Waals surface area contributed by atoms with Gasteiger partial charge < -0.3 is 0 Å². The molecule has 0 unspecified atom stereocenters. The fourth-order valence-corrected chi connectivity index (χ4v) is 1.64. The van der Waals surface area contributed by atoms with Gasteiger partial charge in [0.1, 0.15) is 0 Å². The van der Waals surface area contributed by atoms with Gasteiger partial charge in [0, 0.05) is 5.54 Å². The van der Waals surface area contributed by atoms with Crippen molar-refractivity contribution < 1.29 is 0 Å². The first kappa shape index (κ1) is 9.34. The molecule has 0 fully saturated rings. The van der Waals surface area contributed by atoms with Gasteiger partial charge in [-0.15, -0.1) is 0 Å². The highest BCUT2D eigenvalue weighted by molar-refractivity contribution is 6.27. The average Bonchev–Trinajstić information content (AvgIpc) is 1.96. The Morgan fingerprint density at radius 3 is 2.00 bits per heavy atom. The molecule has 0 spiro atoms. The van der Waals surface area contributed by atoms with Crippen LogP contribution in [0.4, 0.5) is 0 Å². The molecule has 0 saturated heterocycles. The van der Waals surface area contributed by atoms with Crippen molar-refractivity contribution in [3.8, 4) is 0 Å². The van der Waals surface area contributed by atoms with Gasteiger partial charge in [-0.25, -0.2) is 0 Å². The van der Waals surface area contributed by atoms with Crippen LogP contribution in [0.25, 0.3) is 6.08 Å². The van der Waals surface area contributed by atoms with Gasteiger partial charge in [0.15, 0.2) is 0 Å². The highest BCUT2D eigenvalue weighted by Gasteiger charge is 1.98. The Kier molecular flexibility index (Phi) is 2.93. The summed E-state index contributed by atoms with van der Waals surface area (Å²) < 4.78 is 0. The number of aryl methyl sites for hydroxylation is 3. The molecule has 0 N–H and O–H groups in total. The second kappa shape index (κ2) is 3.77. The number of hydrogen-bond donors (Lipinski definition) is 0. The van der Waals surface area contributed by atoms with Gasteiger partial charge in [-0.3, -0.25) is 0 Å². The van der Waals surface area contributed by atoms with Crippen LogP contribution >= 0.6 is 11.6 Å². The van der Waals surface area contributed by atoms with Crippen molar-refractivity contribution in [2.45, 2.75) is 20.8 Å². The van der Waals surface area contributed by atoms with E-state index in [0.717, 1.165) is 0 Å². The lowest BCUT2D eigenvalue weighted by Crippen LogP contribution is -1.87. The zero-order valence-electron chi connectivity index (χ0n) is 7.69. The molecule has 64 valence electrons. The maximum absolute atomic E-state index is 5.54. The first-order valence-corrected chi connectivity index (χ1v) is 4.43. The summed E-state index contributed by atoms with van der Waals surface area (Å²) in [4.78, 5) is 0.